The molecule has 1 atom stereocenters. The second kappa shape index (κ2) is 10.3. The molecule has 7 heteroatoms. The molecule has 7 nitrogen and oxygen atoms in total. The first-order chi connectivity index (χ1) is 15.5. The van der Waals surface area contributed by atoms with Crippen molar-refractivity contribution in [2.45, 2.75) is 38.8 Å². The average Bonchev–Trinajstić information content (AvgIpc) is 2.80. The molecule has 0 aliphatic carbocycles. The number of amides is 1. The van der Waals surface area contributed by atoms with Crippen molar-refractivity contribution >= 4 is 6.09 Å². The van der Waals surface area contributed by atoms with Crippen molar-refractivity contribution in [2.24, 2.45) is 5.92 Å². The number of benzene rings is 1. The molecule has 3 aliphatic rings. The van der Waals surface area contributed by atoms with Gasteiger partial charge in [-0.15, -0.1) is 0 Å². The minimum absolute atomic E-state index is 0.0890. The Morgan fingerprint density at radius 2 is 1.97 bits per heavy atom. The molecule has 1 aromatic carbocycles. The zero-order valence-corrected chi connectivity index (χ0v) is 19.2. The average molecular weight is 440 g/mol. The van der Waals surface area contributed by atoms with Gasteiger partial charge in [0.25, 0.3) is 0 Å². The summed E-state index contributed by atoms with van der Waals surface area (Å²) < 4.78 is 16.4. The zero-order chi connectivity index (χ0) is 22.5. The predicted octanol–water partition coefficient (Wildman–Crippen LogP) is 4.08. The van der Waals surface area contributed by atoms with E-state index >= 15 is 0 Å². The second-order valence-electron chi connectivity index (χ2n) is 8.83. The summed E-state index contributed by atoms with van der Waals surface area (Å²) in [6.07, 6.45) is 3.82. The van der Waals surface area contributed by atoms with Gasteiger partial charge in [-0.1, -0.05) is 12.1 Å². The second-order valence-corrected chi connectivity index (χ2v) is 8.83. The maximum Gasteiger partial charge on any atom is 0.415 e. The molecule has 1 unspecified atom stereocenters. The van der Waals surface area contributed by atoms with Crippen LogP contribution in [0.2, 0.25) is 0 Å². The van der Waals surface area contributed by atoms with Crippen LogP contribution in [0.15, 0.2) is 42.6 Å². The van der Waals surface area contributed by atoms with Gasteiger partial charge in [0.15, 0.2) is 0 Å². The Kier molecular flexibility index (Phi) is 7.27. The molecule has 2 aromatic rings. The number of ether oxygens (including phenoxy) is 3. The number of methoxy groups -OCH3 is 1. The molecule has 0 saturated carbocycles. The molecule has 2 bridgehead atoms. The normalized spacial score (nSPS) is 22.1. The van der Waals surface area contributed by atoms with Crippen molar-refractivity contribution in [3.05, 3.63) is 42.6 Å². The molecule has 3 fully saturated rings. The number of hydrogen-bond donors (Lipinski definition) is 0. The van der Waals surface area contributed by atoms with Crippen LogP contribution in [0.3, 0.4) is 0 Å². The summed E-state index contributed by atoms with van der Waals surface area (Å²) in [5, 5.41) is 0. The number of aromatic nitrogens is 1. The Bertz CT molecular complexity index is 894. The van der Waals surface area contributed by atoms with E-state index in [9.17, 15) is 4.79 Å². The molecule has 1 aromatic heterocycles. The fourth-order valence-corrected chi connectivity index (χ4v) is 4.74. The maximum absolute atomic E-state index is 13.2. The third kappa shape index (κ3) is 5.22. The lowest BCUT2D eigenvalue weighted by atomic mass is 9.83. The summed E-state index contributed by atoms with van der Waals surface area (Å²) in [5.41, 5.74) is 1.87. The zero-order valence-electron chi connectivity index (χ0n) is 19.2. The van der Waals surface area contributed by atoms with Crippen LogP contribution in [0.1, 0.15) is 26.7 Å². The number of rotatable bonds is 8. The number of carbonyl (C=O) groups is 1. The highest BCUT2D eigenvalue weighted by Gasteiger charge is 2.41. The topological polar surface area (TPSA) is 64.1 Å². The highest BCUT2D eigenvalue weighted by molar-refractivity contribution is 5.73. The van der Waals surface area contributed by atoms with Gasteiger partial charge < -0.3 is 24.0 Å². The Balaban J connectivity index is 1.44. The first-order valence-electron chi connectivity index (χ1n) is 11.5. The Morgan fingerprint density at radius 1 is 1.16 bits per heavy atom. The van der Waals surface area contributed by atoms with Gasteiger partial charge in [0.1, 0.15) is 12.4 Å². The number of pyridine rings is 1. The molecular weight excluding hydrogens is 406 g/mol. The first-order valence-corrected chi connectivity index (χ1v) is 11.5. The van der Waals surface area contributed by atoms with E-state index in [-0.39, 0.29) is 18.2 Å². The van der Waals surface area contributed by atoms with Gasteiger partial charge in [0.05, 0.1) is 12.6 Å². The summed E-state index contributed by atoms with van der Waals surface area (Å²) in [6.45, 7) is 8.35. The van der Waals surface area contributed by atoms with E-state index in [0.29, 0.717) is 30.8 Å². The van der Waals surface area contributed by atoms with Gasteiger partial charge in [0, 0.05) is 37.5 Å². The lowest BCUT2D eigenvalue weighted by molar-refractivity contribution is 0.00133. The number of piperidine rings is 3. The highest BCUT2D eigenvalue weighted by atomic mass is 16.6. The summed E-state index contributed by atoms with van der Waals surface area (Å²) in [4.78, 5) is 21.9. The van der Waals surface area contributed by atoms with Crippen molar-refractivity contribution in [1.82, 2.24) is 14.8 Å². The molecule has 4 heterocycles. The predicted molar refractivity (Wildman–Crippen MR) is 123 cm³/mol. The quantitative estimate of drug-likeness (QED) is 0.578. The summed E-state index contributed by atoms with van der Waals surface area (Å²) in [7, 11) is 1.64. The minimum atomic E-state index is -0.268. The number of carbonyl (C=O) groups excluding carboxylic acids is 1. The summed E-state index contributed by atoms with van der Waals surface area (Å²) >= 11 is 0. The van der Waals surface area contributed by atoms with Crippen LogP contribution in [-0.4, -0.2) is 72.9 Å². The van der Waals surface area contributed by atoms with Crippen LogP contribution in [-0.2, 0) is 4.74 Å². The summed E-state index contributed by atoms with van der Waals surface area (Å²) in [6, 6.07) is 11.7. The summed E-state index contributed by atoms with van der Waals surface area (Å²) in [5.74, 6) is 1.66. The van der Waals surface area contributed by atoms with Crippen LogP contribution < -0.4 is 9.47 Å². The smallest absolute Gasteiger partial charge is 0.415 e. The van der Waals surface area contributed by atoms with Crippen LogP contribution >= 0.6 is 0 Å². The first kappa shape index (κ1) is 22.6. The Morgan fingerprint density at radius 3 is 2.59 bits per heavy atom. The van der Waals surface area contributed by atoms with Crippen molar-refractivity contribution < 1.29 is 19.0 Å². The van der Waals surface area contributed by atoms with E-state index in [2.05, 4.69) is 23.7 Å². The lowest BCUT2D eigenvalue weighted by Gasteiger charge is -2.49. The van der Waals surface area contributed by atoms with Crippen molar-refractivity contribution in [3.63, 3.8) is 0 Å². The molecule has 172 valence electrons. The van der Waals surface area contributed by atoms with E-state index < -0.39 is 0 Å². The number of fused-ring (bicyclic) bond motifs is 3. The van der Waals surface area contributed by atoms with Gasteiger partial charge in [0.2, 0.25) is 5.88 Å². The van der Waals surface area contributed by atoms with Crippen molar-refractivity contribution in [3.8, 4) is 22.8 Å². The fourth-order valence-electron chi connectivity index (χ4n) is 4.74. The lowest BCUT2D eigenvalue weighted by Crippen LogP contribution is -2.60. The van der Waals surface area contributed by atoms with Crippen LogP contribution in [0.5, 0.6) is 11.6 Å². The largest absolute Gasteiger partial charge is 0.475 e. The molecule has 0 radical (unpaired) electrons. The van der Waals surface area contributed by atoms with Gasteiger partial charge in [-0.2, -0.15) is 0 Å². The Labute approximate surface area is 190 Å². The van der Waals surface area contributed by atoms with Gasteiger partial charge in [-0.25, -0.2) is 9.78 Å². The molecule has 3 aliphatic heterocycles. The molecule has 3 saturated heterocycles. The monoisotopic (exact) mass is 439 g/mol. The van der Waals surface area contributed by atoms with Crippen LogP contribution in [0.25, 0.3) is 11.1 Å². The number of nitrogens with zero attached hydrogens (tertiary/aromatic N) is 3. The highest BCUT2D eigenvalue weighted by Crippen LogP contribution is 2.33. The molecule has 1 amide bonds. The fraction of sp³-hybridized carbons (Fsp3) is 0.520. The van der Waals surface area contributed by atoms with E-state index in [1.54, 1.807) is 13.3 Å². The molecule has 0 N–H and O–H groups in total. The van der Waals surface area contributed by atoms with Crippen molar-refractivity contribution in [2.75, 3.05) is 40.0 Å². The van der Waals surface area contributed by atoms with Gasteiger partial charge in [-0.3, -0.25) is 0 Å². The molecular formula is C25H33N3O4. The minimum Gasteiger partial charge on any atom is -0.475 e. The van der Waals surface area contributed by atoms with E-state index in [1.165, 1.54) is 0 Å². The third-order valence-electron chi connectivity index (χ3n) is 6.39. The molecule has 5 rings (SSSR count). The standard InChI is InChI=1S/C25H33N3O4/c1-18(2)28(23-17-27-11-9-19(23)10-12-27)25(29)32-22-6-4-5-20(15-22)21-7-8-24(26-16-21)31-14-13-30-3/h4-8,15-16,18-19,23H,9-14,17H2,1-3H3. The van der Waals surface area contributed by atoms with E-state index in [1.807, 2.05) is 41.3 Å². The van der Waals surface area contributed by atoms with Crippen LogP contribution in [0, 0.1) is 5.92 Å². The van der Waals surface area contributed by atoms with E-state index in [4.69, 9.17) is 14.2 Å². The van der Waals surface area contributed by atoms with Crippen molar-refractivity contribution in [1.29, 1.82) is 0 Å². The maximum atomic E-state index is 13.2. The van der Waals surface area contributed by atoms with E-state index in [0.717, 1.165) is 43.6 Å². The van der Waals surface area contributed by atoms with Gasteiger partial charge >= 0.3 is 6.09 Å². The third-order valence-corrected chi connectivity index (χ3v) is 6.39. The molecule has 0 spiro atoms. The molecule has 32 heavy (non-hydrogen) atoms. The Hall–Kier alpha value is -2.64. The van der Waals surface area contributed by atoms with Crippen LogP contribution in [0.4, 0.5) is 4.79 Å². The van der Waals surface area contributed by atoms with Gasteiger partial charge in [-0.05, 0) is 69.5 Å². The number of hydrogen-bond acceptors (Lipinski definition) is 6. The SMILES string of the molecule is COCCOc1ccc(-c2cccc(OC(=O)N(C(C)C)C3CN4CCC3CC4)c2)cn1.